The van der Waals surface area contributed by atoms with Crippen molar-refractivity contribution in [2.24, 2.45) is 0 Å². The van der Waals surface area contributed by atoms with E-state index < -0.39 is 26.3 Å². The Hall–Kier alpha value is -2.31. The molecule has 1 N–H and O–H groups in total. The van der Waals surface area contributed by atoms with E-state index >= 15 is 0 Å². The van der Waals surface area contributed by atoms with E-state index in [1.54, 1.807) is 32.2 Å². The van der Waals surface area contributed by atoms with Crippen molar-refractivity contribution in [3.8, 4) is 11.5 Å². The van der Waals surface area contributed by atoms with E-state index in [1.165, 1.54) is 0 Å². The molecule has 0 radical (unpaired) electrons. The first kappa shape index (κ1) is 21.0. The second-order valence-electron chi connectivity index (χ2n) is 7.21. The Morgan fingerprint density at radius 3 is 2.26 bits per heavy atom. The Labute approximate surface area is 162 Å². The fraction of sp³-hybridized carbons (Fsp3) is 0.381. The van der Waals surface area contributed by atoms with Crippen LogP contribution >= 0.6 is 0 Å². The van der Waals surface area contributed by atoms with Gasteiger partial charge in [0.1, 0.15) is 11.7 Å². The van der Waals surface area contributed by atoms with Gasteiger partial charge in [-0.3, -0.25) is 4.79 Å². The maximum Gasteiger partial charge on any atom is 0.316 e. The van der Waals surface area contributed by atoms with E-state index in [0.717, 1.165) is 0 Å². The molecule has 0 amide bonds. The highest BCUT2D eigenvalue weighted by Crippen LogP contribution is 2.37. The number of ether oxygens (including phenoxy) is 2. The summed E-state index contributed by atoms with van der Waals surface area (Å²) in [5.74, 6) is -0.109. The van der Waals surface area contributed by atoms with E-state index in [1.807, 2.05) is 30.3 Å². The minimum atomic E-state index is -1.81. The van der Waals surface area contributed by atoms with Crippen LogP contribution in [0, 0.1) is 0 Å². The quantitative estimate of drug-likeness (QED) is 0.540. The van der Waals surface area contributed by atoms with Crippen LogP contribution in [0.5, 0.6) is 11.5 Å². The van der Waals surface area contributed by atoms with Crippen molar-refractivity contribution < 1.29 is 23.8 Å². The fourth-order valence-corrected chi connectivity index (χ4v) is 3.64. The van der Waals surface area contributed by atoms with Gasteiger partial charge in [0.2, 0.25) is 8.32 Å². The highest BCUT2D eigenvalue weighted by atomic mass is 28.4. The number of hydrogen-bond acceptors (Lipinski definition) is 5. The number of carbonyl (C=O) groups is 1. The minimum Gasteiger partial charge on any atom is -0.542 e. The molecule has 0 aliphatic heterocycles. The smallest absolute Gasteiger partial charge is 0.316 e. The Bertz CT molecular complexity index is 755. The number of methoxy groups -OCH3 is 1. The van der Waals surface area contributed by atoms with Gasteiger partial charge in [-0.15, -0.1) is 0 Å². The van der Waals surface area contributed by atoms with Crippen LogP contribution < -0.4 is 9.16 Å². The summed E-state index contributed by atoms with van der Waals surface area (Å²) >= 11 is 0. The molecule has 5 nitrogen and oxygen atoms in total. The largest absolute Gasteiger partial charge is 0.542 e. The van der Waals surface area contributed by atoms with Crippen LogP contribution in [0.4, 0.5) is 0 Å². The molecule has 0 aliphatic rings. The van der Waals surface area contributed by atoms with Gasteiger partial charge in [-0.05, 0) is 49.8 Å². The number of aliphatic hydroxyl groups excluding tert-OH is 1. The summed E-state index contributed by atoms with van der Waals surface area (Å²) in [4.78, 5) is 12.5. The fourth-order valence-electron chi connectivity index (χ4n) is 2.81. The van der Waals surface area contributed by atoms with E-state index in [9.17, 15) is 9.90 Å². The zero-order chi connectivity index (χ0) is 20.0. The first-order valence-electron chi connectivity index (χ1n) is 9.03. The molecule has 6 heteroatoms. The second-order valence-corrected chi connectivity index (χ2v) is 11.6. The minimum absolute atomic E-state index is 0.251. The van der Waals surface area contributed by atoms with Gasteiger partial charge < -0.3 is 19.0 Å². The van der Waals surface area contributed by atoms with Gasteiger partial charge in [0.25, 0.3) is 0 Å². The summed E-state index contributed by atoms with van der Waals surface area (Å²) in [5.41, 5.74) is 1.27. The van der Waals surface area contributed by atoms with Crippen LogP contribution in [0.15, 0.2) is 48.5 Å². The molecular formula is C21H28O5Si. The first-order chi connectivity index (χ1) is 12.8. The standard InChI is InChI=1S/C21H28O5Si/c1-6-25-21(23)19(15-10-8-7-9-11-15)20(22)16-12-13-17(18(14-16)24-2)26-27(3,4)5/h7-14,19-20,22H,6H2,1-5H3. The lowest BCUT2D eigenvalue weighted by atomic mass is 9.89. The summed E-state index contributed by atoms with van der Waals surface area (Å²) in [7, 11) is -0.252. The summed E-state index contributed by atoms with van der Waals surface area (Å²) < 4.78 is 16.7. The second kappa shape index (κ2) is 9.06. The molecular weight excluding hydrogens is 360 g/mol. The van der Waals surface area contributed by atoms with Crippen molar-refractivity contribution in [3.05, 3.63) is 59.7 Å². The molecule has 27 heavy (non-hydrogen) atoms. The molecule has 2 atom stereocenters. The molecule has 0 fully saturated rings. The molecule has 0 aromatic heterocycles. The third-order valence-corrected chi connectivity index (χ3v) is 4.79. The predicted molar refractivity (Wildman–Crippen MR) is 108 cm³/mol. The maximum atomic E-state index is 12.5. The highest BCUT2D eigenvalue weighted by molar-refractivity contribution is 6.70. The van der Waals surface area contributed by atoms with Gasteiger partial charge in [-0.25, -0.2) is 0 Å². The van der Waals surface area contributed by atoms with Gasteiger partial charge in [0.05, 0.1) is 19.8 Å². The third kappa shape index (κ3) is 5.58. The van der Waals surface area contributed by atoms with E-state index in [0.29, 0.717) is 22.6 Å². The Morgan fingerprint density at radius 1 is 1.04 bits per heavy atom. The number of esters is 1. The van der Waals surface area contributed by atoms with Crippen LogP contribution in [-0.4, -0.2) is 33.1 Å². The molecule has 0 bridgehead atoms. The summed E-state index contributed by atoms with van der Waals surface area (Å²) in [6.07, 6.45) is -1.07. The van der Waals surface area contributed by atoms with Crippen LogP contribution in [0.25, 0.3) is 0 Å². The van der Waals surface area contributed by atoms with Gasteiger partial charge in [-0.1, -0.05) is 36.4 Å². The maximum absolute atomic E-state index is 12.5. The summed E-state index contributed by atoms with van der Waals surface area (Å²) in [6, 6.07) is 14.4. The number of aliphatic hydroxyl groups is 1. The van der Waals surface area contributed by atoms with Crippen LogP contribution in [-0.2, 0) is 9.53 Å². The molecule has 2 aromatic carbocycles. The van der Waals surface area contributed by atoms with Crippen molar-refractivity contribution in [1.82, 2.24) is 0 Å². The lowest BCUT2D eigenvalue weighted by Gasteiger charge is -2.24. The van der Waals surface area contributed by atoms with Crippen LogP contribution in [0.1, 0.15) is 30.1 Å². The number of benzene rings is 2. The summed E-state index contributed by atoms with van der Waals surface area (Å²) in [6.45, 7) is 8.25. The molecule has 2 rings (SSSR count). The number of hydrogen-bond donors (Lipinski definition) is 1. The Balaban J connectivity index is 2.39. The lowest BCUT2D eigenvalue weighted by molar-refractivity contribution is -0.148. The molecule has 146 valence electrons. The molecule has 0 saturated carbocycles. The van der Waals surface area contributed by atoms with Crippen LogP contribution in [0.2, 0.25) is 19.6 Å². The Morgan fingerprint density at radius 2 is 1.70 bits per heavy atom. The van der Waals surface area contributed by atoms with E-state index in [-0.39, 0.29) is 6.61 Å². The van der Waals surface area contributed by atoms with E-state index in [4.69, 9.17) is 13.9 Å². The van der Waals surface area contributed by atoms with E-state index in [2.05, 4.69) is 19.6 Å². The molecule has 0 spiro atoms. The van der Waals surface area contributed by atoms with Gasteiger partial charge in [0.15, 0.2) is 5.75 Å². The van der Waals surface area contributed by atoms with Crippen molar-refractivity contribution in [1.29, 1.82) is 0 Å². The van der Waals surface area contributed by atoms with Crippen molar-refractivity contribution in [3.63, 3.8) is 0 Å². The molecule has 0 aliphatic carbocycles. The predicted octanol–water partition coefficient (Wildman–Crippen LogP) is 4.29. The monoisotopic (exact) mass is 388 g/mol. The molecule has 0 saturated heterocycles. The normalized spacial score (nSPS) is 13.6. The van der Waals surface area contributed by atoms with Crippen LogP contribution in [0.3, 0.4) is 0 Å². The topological polar surface area (TPSA) is 65.0 Å². The zero-order valence-electron chi connectivity index (χ0n) is 16.6. The number of carbonyl (C=O) groups excluding carboxylic acids is 1. The molecule has 2 unspecified atom stereocenters. The van der Waals surface area contributed by atoms with Crippen molar-refractivity contribution >= 4 is 14.3 Å². The van der Waals surface area contributed by atoms with Crippen molar-refractivity contribution in [2.75, 3.05) is 13.7 Å². The average molecular weight is 389 g/mol. The van der Waals surface area contributed by atoms with Crippen molar-refractivity contribution in [2.45, 2.75) is 38.6 Å². The SMILES string of the molecule is CCOC(=O)C(c1ccccc1)C(O)c1ccc(O[Si](C)(C)C)c(OC)c1. The zero-order valence-corrected chi connectivity index (χ0v) is 17.6. The highest BCUT2D eigenvalue weighted by Gasteiger charge is 2.32. The Kier molecular flexibility index (Phi) is 7.04. The molecule has 0 heterocycles. The van der Waals surface area contributed by atoms with Gasteiger partial charge in [0, 0.05) is 0 Å². The lowest BCUT2D eigenvalue weighted by Crippen LogP contribution is -2.29. The number of rotatable bonds is 8. The third-order valence-electron chi connectivity index (χ3n) is 3.96. The average Bonchev–Trinajstić information content (AvgIpc) is 2.62. The van der Waals surface area contributed by atoms with Gasteiger partial charge >= 0.3 is 5.97 Å². The summed E-state index contributed by atoms with van der Waals surface area (Å²) in [5, 5.41) is 11.0. The van der Waals surface area contributed by atoms with Gasteiger partial charge in [-0.2, -0.15) is 0 Å². The molecule has 2 aromatic rings. The first-order valence-corrected chi connectivity index (χ1v) is 12.4.